The third-order valence-electron chi connectivity index (χ3n) is 4.47. The predicted molar refractivity (Wildman–Crippen MR) is 97.3 cm³/mol. The second-order valence-electron chi connectivity index (χ2n) is 7.36. The molecule has 118 valence electrons. The summed E-state index contributed by atoms with van der Waals surface area (Å²) >= 11 is 0. The van der Waals surface area contributed by atoms with E-state index < -0.39 is 0 Å². The second-order valence-corrected chi connectivity index (χ2v) is 7.36. The van der Waals surface area contributed by atoms with Crippen molar-refractivity contribution in [3.8, 4) is 11.3 Å². The van der Waals surface area contributed by atoms with E-state index >= 15 is 0 Å². The topological polar surface area (TPSA) is 32.9 Å². The largest absolute Gasteiger partial charge is 0.354 e. The Morgan fingerprint density at radius 2 is 1.74 bits per heavy atom. The molecule has 0 atom stereocenters. The summed E-state index contributed by atoms with van der Waals surface area (Å²) in [5, 5.41) is 1.00. The molecule has 0 spiro atoms. The van der Waals surface area contributed by atoms with E-state index in [2.05, 4.69) is 76.0 Å². The lowest BCUT2D eigenvalue weighted by Crippen LogP contribution is -2.10. The highest BCUT2D eigenvalue weighted by molar-refractivity contribution is 6.04. The van der Waals surface area contributed by atoms with Crippen LogP contribution in [0, 0.1) is 13.8 Å². The fraction of sp³-hybridized carbons (Fsp3) is 0.286. The van der Waals surface area contributed by atoms with Crippen molar-refractivity contribution in [3.05, 3.63) is 58.7 Å². The van der Waals surface area contributed by atoms with Crippen LogP contribution in [0.4, 0.5) is 0 Å². The first-order valence-corrected chi connectivity index (χ1v) is 8.00. The zero-order valence-corrected chi connectivity index (χ0v) is 14.4. The fourth-order valence-electron chi connectivity index (χ4n) is 3.11. The van der Waals surface area contributed by atoms with E-state index in [1.807, 2.05) is 0 Å². The summed E-state index contributed by atoms with van der Waals surface area (Å²) in [6.45, 7) is 10.7. The van der Waals surface area contributed by atoms with E-state index in [-0.39, 0.29) is 5.41 Å². The van der Waals surface area contributed by atoms with Crippen molar-refractivity contribution in [1.29, 1.82) is 0 Å². The molecule has 3 aromatic rings. The Labute approximate surface area is 137 Å². The number of nitrogens with one attached hydrogen (secondary N) is 1. The molecule has 0 unspecified atom stereocenters. The molecule has 0 amide bonds. The summed E-state index contributed by atoms with van der Waals surface area (Å²) in [5.41, 5.74) is 7.46. The number of benzene rings is 2. The molecule has 0 saturated heterocycles. The molecule has 2 nitrogen and oxygen atoms in total. The van der Waals surface area contributed by atoms with Crippen molar-refractivity contribution in [1.82, 2.24) is 4.98 Å². The average molecular weight is 305 g/mol. The molecule has 0 aliphatic rings. The number of fused-ring (bicyclic) bond motifs is 1. The van der Waals surface area contributed by atoms with Crippen LogP contribution in [0.3, 0.4) is 0 Å². The minimum absolute atomic E-state index is 0.0611. The number of carbonyl (C=O) groups excluding carboxylic acids is 1. The van der Waals surface area contributed by atoms with Gasteiger partial charge in [-0.3, -0.25) is 4.79 Å². The third-order valence-corrected chi connectivity index (χ3v) is 4.47. The van der Waals surface area contributed by atoms with Crippen LogP contribution in [-0.2, 0) is 5.41 Å². The lowest BCUT2D eigenvalue weighted by Gasteiger charge is -2.18. The first kappa shape index (κ1) is 15.5. The quantitative estimate of drug-likeness (QED) is 0.617. The maximum atomic E-state index is 11.8. The van der Waals surface area contributed by atoms with Gasteiger partial charge < -0.3 is 4.98 Å². The maximum Gasteiger partial charge on any atom is 0.152 e. The fourth-order valence-corrected chi connectivity index (χ4v) is 3.11. The van der Waals surface area contributed by atoms with Gasteiger partial charge in [0.15, 0.2) is 6.29 Å². The molecule has 3 rings (SSSR count). The SMILES string of the molecule is Cc1ccc(-c2[nH]c3ccc(C(C)(C)C)cc3c2C=O)c(C)c1. The number of hydrogen-bond donors (Lipinski definition) is 1. The van der Waals surface area contributed by atoms with Crippen LogP contribution >= 0.6 is 0 Å². The summed E-state index contributed by atoms with van der Waals surface area (Å²) in [6.07, 6.45) is 0.972. The summed E-state index contributed by atoms with van der Waals surface area (Å²) in [7, 11) is 0. The van der Waals surface area contributed by atoms with Crippen molar-refractivity contribution in [2.45, 2.75) is 40.0 Å². The summed E-state index contributed by atoms with van der Waals surface area (Å²) in [6, 6.07) is 12.7. The van der Waals surface area contributed by atoms with Crippen molar-refractivity contribution in [2.75, 3.05) is 0 Å². The van der Waals surface area contributed by atoms with Crippen LogP contribution in [0.15, 0.2) is 36.4 Å². The van der Waals surface area contributed by atoms with Crippen molar-refractivity contribution < 1.29 is 4.79 Å². The number of hydrogen-bond acceptors (Lipinski definition) is 1. The molecule has 0 fully saturated rings. The number of aromatic nitrogens is 1. The Hall–Kier alpha value is -2.35. The van der Waals surface area contributed by atoms with E-state index in [4.69, 9.17) is 0 Å². The molecule has 0 bridgehead atoms. The van der Waals surface area contributed by atoms with Crippen molar-refractivity contribution >= 4 is 17.2 Å². The van der Waals surface area contributed by atoms with Gasteiger partial charge in [0.25, 0.3) is 0 Å². The predicted octanol–water partition coefficient (Wildman–Crippen LogP) is 5.56. The molecule has 0 saturated carbocycles. The minimum Gasteiger partial charge on any atom is -0.354 e. The Kier molecular flexibility index (Phi) is 3.63. The summed E-state index contributed by atoms with van der Waals surface area (Å²) in [4.78, 5) is 15.2. The molecule has 2 aromatic carbocycles. The standard InChI is InChI=1S/C21H23NO/c1-13-6-8-16(14(2)10-13)20-18(12-23)17-11-15(21(3,4)5)7-9-19(17)22-20/h6-12,22H,1-5H3. The van der Waals surface area contributed by atoms with Gasteiger partial charge in [0, 0.05) is 22.0 Å². The summed E-state index contributed by atoms with van der Waals surface area (Å²) < 4.78 is 0. The Bertz CT molecular complexity index is 894. The van der Waals surface area contributed by atoms with E-state index in [1.54, 1.807) is 0 Å². The van der Waals surface area contributed by atoms with Gasteiger partial charge in [-0.25, -0.2) is 0 Å². The van der Waals surface area contributed by atoms with Gasteiger partial charge in [-0.2, -0.15) is 0 Å². The number of rotatable bonds is 2. The van der Waals surface area contributed by atoms with Crippen LogP contribution in [-0.4, -0.2) is 11.3 Å². The molecule has 0 aliphatic carbocycles. The molecule has 0 aliphatic heterocycles. The van der Waals surface area contributed by atoms with E-state index in [1.165, 1.54) is 16.7 Å². The molecule has 0 radical (unpaired) electrons. The lowest BCUT2D eigenvalue weighted by atomic mass is 9.86. The second kappa shape index (κ2) is 5.38. The van der Waals surface area contributed by atoms with Gasteiger partial charge in [0.05, 0.1) is 5.69 Å². The molecule has 23 heavy (non-hydrogen) atoms. The highest BCUT2D eigenvalue weighted by Gasteiger charge is 2.18. The average Bonchev–Trinajstić information content (AvgIpc) is 2.83. The summed E-state index contributed by atoms with van der Waals surface area (Å²) in [5.74, 6) is 0. The van der Waals surface area contributed by atoms with Gasteiger partial charge in [-0.1, -0.05) is 50.6 Å². The Morgan fingerprint density at radius 1 is 1.00 bits per heavy atom. The molecule has 1 N–H and O–H groups in total. The molecule has 2 heteroatoms. The number of aldehydes is 1. The monoisotopic (exact) mass is 305 g/mol. The number of carbonyl (C=O) groups is 1. The van der Waals surface area contributed by atoms with Gasteiger partial charge in [0.1, 0.15) is 0 Å². The highest BCUT2D eigenvalue weighted by Crippen LogP contribution is 2.34. The zero-order chi connectivity index (χ0) is 16.8. The van der Waals surface area contributed by atoms with Gasteiger partial charge in [-0.15, -0.1) is 0 Å². The van der Waals surface area contributed by atoms with Gasteiger partial charge in [-0.05, 0) is 42.5 Å². The Balaban J connectivity index is 2.28. The first-order valence-electron chi connectivity index (χ1n) is 8.00. The van der Waals surface area contributed by atoms with Crippen LogP contribution in [0.2, 0.25) is 0 Å². The van der Waals surface area contributed by atoms with Gasteiger partial charge >= 0.3 is 0 Å². The molecule has 1 aromatic heterocycles. The minimum atomic E-state index is 0.0611. The van der Waals surface area contributed by atoms with Crippen LogP contribution in [0.25, 0.3) is 22.2 Å². The van der Waals surface area contributed by atoms with Gasteiger partial charge in [0.2, 0.25) is 0 Å². The third kappa shape index (κ3) is 2.70. The van der Waals surface area contributed by atoms with Crippen LogP contribution < -0.4 is 0 Å². The van der Waals surface area contributed by atoms with Crippen molar-refractivity contribution in [3.63, 3.8) is 0 Å². The number of aryl methyl sites for hydroxylation is 2. The van der Waals surface area contributed by atoms with Crippen molar-refractivity contribution in [2.24, 2.45) is 0 Å². The Morgan fingerprint density at radius 3 is 2.35 bits per heavy atom. The lowest BCUT2D eigenvalue weighted by molar-refractivity contribution is 0.112. The number of aromatic amines is 1. The van der Waals surface area contributed by atoms with E-state index in [0.29, 0.717) is 0 Å². The molecule has 1 heterocycles. The van der Waals surface area contributed by atoms with Crippen LogP contribution in [0.5, 0.6) is 0 Å². The first-order chi connectivity index (χ1) is 10.8. The molecular formula is C21H23NO. The van der Waals surface area contributed by atoms with E-state index in [9.17, 15) is 4.79 Å². The maximum absolute atomic E-state index is 11.8. The molecular weight excluding hydrogens is 282 g/mol. The zero-order valence-electron chi connectivity index (χ0n) is 14.4. The number of H-pyrrole nitrogens is 1. The van der Waals surface area contributed by atoms with Crippen LogP contribution in [0.1, 0.15) is 47.8 Å². The highest BCUT2D eigenvalue weighted by atomic mass is 16.1. The van der Waals surface area contributed by atoms with E-state index in [0.717, 1.165) is 34.0 Å². The normalized spacial score (nSPS) is 11.9. The smallest absolute Gasteiger partial charge is 0.152 e.